The highest BCUT2D eigenvalue weighted by Crippen LogP contribution is 2.25. The van der Waals surface area contributed by atoms with Crippen LogP contribution in [0.15, 0.2) is 30.3 Å². The number of carbonyl (C=O) groups excluding carboxylic acids is 1. The molecule has 1 aromatic rings. The average molecular weight is 332 g/mol. The Labute approximate surface area is 146 Å². The van der Waals surface area contributed by atoms with Gasteiger partial charge in [0.2, 0.25) is 5.91 Å². The molecule has 1 fully saturated rings. The second kappa shape index (κ2) is 8.63. The molecule has 1 saturated carbocycles. The Morgan fingerprint density at radius 1 is 1.25 bits per heavy atom. The summed E-state index contributed by atoms with van der Waals surface area (Å²) >= 11 is 0. The van der Waals surface area contributed by atoms with Crippen LogP contribution in [0.3, 0.4) is 0 Å². The third-order valence-corrected chi connectivity index (χ3v) is 5.62. The summed E-state index contributed by atoms with van der Waals surface area (Å²) in [6, 6.07) is 10.9. The molecule has 0 heterocycles. The van der Waals surface area contributed by atoms with Crippen LogP contribution in [0.25, 0.3) is 0 Å². The number of benzene rings is 1. The maximum atomic E-state index is 12.4. The summed E-state index contributed by atoms with van der Waals surface area (Å²) in [6.07, 6.45) is 4.67. The molecule has 4 nitrogen and oxygen atoms in total. The molecule has 0 saturated heterocycles. The smallest absolute Gasteiger partial charge is 0.223 e. The third kappa shape index (κ3) is 4.81. The SMILES string of the molecule is CCC(CC)(CNC(=O)C1CCC(N)C1)NC(C)c1ccccc1. The molecule has 1 aliphatic rings. The second-order valence-corrected chi connectivity index (χ2v) is 7.25. The van der Waals surface area contributed by atoms with E-state index in [1.807, 2.05) is 6.07 Å². The zero-order chi connectivity index (χ0) is 17.6. The van der Waals surface area contributed by atoms with E-state index in [0.717, 1.165) is 32.1 Å². The highest BCUT2D eigenvalue weighted by atomic mass is 16.1. The van der Waals surface area contributed by atoms with Crippen LogP contribution in [-0.4, -0.2) is 24.0 Å². The Kier molecular flexibility index (Phi) is 6.81. The summed E-state index contributed by atoms with van der Waals surface area (Å²) in [5.74, 6) is 0.265. The zero-order valence-corrected chi connectivity index (χ0v) is 15.3. The van der Waals surface area contributed by atoms with E-state index >= 15 is 0 Å². The van der Waals surface area contributed by atoms with E-state index in [9.17, 15) is 4.79 Å². The molecule has 0 bridgehead atoms. The van der Waals surface area contributed by atoms with Gasteiger partial charge in [0.15, 0.2) is 0 Å². The lowest BCUT2D eigenvalue weighted by molar-refractivity contribution is -0.125. The highest BCUT2D eigenvalue weighted by molar-refractivity contribution is 5.79. The minimum Gasteiger partial charge on any atom is -0.354 e. The molecular weight excluding hydrogens is 298 g/mol. The number of hydrogen-bond donors (Lipinski definition) is 3. The van der Waals surface area contributed by atoms with Crippen molar-refractivity contribution in [2.45, 2.75) is 70.5 Å². The van der Waals surface area contributed by atoms with Gasteiger partial charge in [-0.25, -0.2) is 0 Å². The third-order valence-electron chi connectivity index (χ3n) is 5.62. The van der Waals surface area contributed by atoms with Crippen LogP contribution in [0.2, 0.25) is 0 Å². The van der Waals surface area contributed by atoms with Crippen molar-refractivity contribution in [2.75, 3.05) is 6.54 Å². The van der Waals surface area contributed by atoms with E-state index in [-0.39, 0.29) is 29.4 Å². The summed E-state index contributed by atoms with van der Waals surface area (Å²) in [4.78, 5) is 12.4. The molecule has 2 rings (SSSR count). The van der Waals surface area contributed by atoms with Crippen LogP contribution in [0.1, 0.15) is 64.5 Å². The van der Waals surface area contributed by atoms with E-state index in [0.29, 0.717) is 6.54 Å². The quantitative estimate of drug-likeness (QED) is 0.685. The molecule has 24 heavy (non-hydrogen) atoms. The van der Waals surface area contributed by atoms with Crippen molar-refractivity contribution in [2.24, 2.45) is 11.7 Å². The van der Waals surface area contributed by atoms with E-state index < -0.39 is 0 Å². The fourth-order valence-corrected chi connectivity index (χ4v) is 3.69. The first-order chi connectivity index (χ1) is 11.5. The first-order valence-electron chi connectivity index (χ1n) is 9.35. The minimum absolute atomic E-state index is 0.0777. The number of nitrogens with one attached hydrogen (secondary N) is 2. The van der Waals surface area contributed by atoms with Crippen molar-refractivity contribution in [1.29, 1.82) is 0 Å². The largest absolute Gasteiger partial charge is 0.354 e. The number of hydrogen-bond acceptors (Lipinski definition) is 3. The van der Waals surface area contributed by atoms with Gasteiger partial charge in [-0.05, 0) is 44.6 Å². The molecule has 0 radical (unpaired) electrons. The zero-order valence-electron chi connectivity index (χ0n) is 15.3. The van der Waals surface area contributed by atoms with E-state index in [1.165, 1.54) is 5.56 Å². The van der Waals surface area contributed by atoms with Crippen molar-refractivity contribution in [3.05, 3.63) is 35.9 Å². The van der Waals surface area contributed by atoms with Gasteiger partial charge in [-0.1, -0.05) is 44.2 Å². The first kappa shape index (κ1) is 18.9. The average Bonchev–Trinajstić information content (AvgIpc) is 3.05. The maximum Gasteiger partial charge on any atom is 0.223 e. The highest BCUT2D eigenvalue weighted by Gasteiger charge is 2.32. The first-order valence-corrected chi connectivity index (χ1v) is 9.35. The molecule has 4 heteroatoms. The van der Waals surface area contributed by atoms with Crippen LogP contribution < -0.4 is 16.4 Å². The van der Waals surface area contributed by atoms with E-state index in [4.69, 9.17) is 5.73 Å². The van der Waals surface area contributed by atoms with Crippen LogP contribution in [-0.2, 0) is 4.79 Å². The fourth-order valence-electron chi connectivity index (χ4n) is 3.69. The normalized spacial score (nSPS) is 22.3. The molecule has 0 spiro atoms. The Balaban J connectivity index is 1.95. The van der Waals surface area contributed by atoms with Crippen molar-refractivity contribution >= 4 is 5.91 Å². The van der Waals surface area contributed by atoms with Crippen molar-refractivity contribution < 1.29 is 4.79 Å². The van der Waals surface area contributed by atoms with Crippen LogP contribution >= 0.6 is 0 Å². The molecule has 134 valence electrons. The van der Waals surface area contributed by atoms with E-state index in [2.05, 4.69) is 55.7 Å². The molecule has 0 aliphatic heterocycles. The molecule has 1 aliphatic carbocycles. The van der Waals surface area contributed by atoms with Gasteiger partial charge in [0.05, 0.1) is 0 Å². The summed E-state index contributed by atoms with van der Waals surface area (Å²) in [6.45, 7) is 7.23. The summed E-state index contributed by atoms with van der Waals surface area (Å²) in [5, 5.41) is 6.95. The van der Waals surface area contributed by atoms with Gasteiger partial charge in [0.25, 0.3) is 0 Å². The predicted molar refractivity (Wildman–Crippen MR) is 99.6 cm³/mol. The monoisotopic (exact) mass is 331 g/mol. The van der Waals surface area contributed by atoms with Crippen molar-refractivity contribution in [1.82, 2.24) is 10.6 Å². The van der Waals surface area contributed by atoms with Gasteiger partial charge in [-0.2, -0.15) is 0 Å². The summed E-state index contributed by atoms with van der Waals surface area (Å²) in [5.41, 5.74) is 7.13. The number of amides is 1. The molecule has 4 N–H and O–H groups in total. The van der Waals surface area contributed by atoms with Gasteiger partial charge in [0, 0.05) is 30.1 Å². The van der Waals surface area contributed by atoms with Crippen molar-refractivity contribution in [3.63, 3.8) is 0 Å². The number of carbonyl (C=O) groups is 1. The molecule has 3 atom stereocenters. The van der Waals surface area contributed by atoms with Crippen LogP contribution in [0.4, 0.5) is 0 Å². The fraction of sp³-hybridized carbons (Fsp3) is 0.650. The summed E-state index contributed by atoms with van der Waals surface area (Å²) in [7, 11) is 0. The standard InChI is InChI=1S/C20H33N3O/c1-4-20(5-2,23-15(3)16-9-7-6-8-10-16)14-22-19(24)17-11-12-18(21)13-17/h6-10,15,17-18,23H,4-5,11-14,21H2,1-3H3,(H,22,24). The second-order valence-electron chi connectivity index (χ2n) is 7.25. The van der Waals surface area contributed by atoms with Crippen LogP contribution in [0, 0.1) is 5.92 Å². The topological polar surface area (TPSA) is 67.2 Å². The predicted octanol–water partition coefficient (Wildman–Crippen LogP) is 3.14. The maximum absolute atomic E-state index is 12.4. The van der Waals surface area contributed by atoms with Gasteiger partial charge >= 0.3 is 0 Å². The van der Waals surface area contributed by atoms with Gasteiger partial charge in [-0.3, -0.25) is 4.79 Å². The van der Waals surface area contributed by atoms with Gasteiger partial charge < -0.3 is 16.4 Å². The van der Waals surface area contributed by atoms with Crippen molar-refractivity contribution in [3.8, 4) is 0 Å². The van der Waals surface area contributed by atoms with Crippen LogP contribution in [0.5, 0.6) is 0 Å². The minimum atomic E-state index is -0.0777. The lowest BCUT2D eigenvalue weighted by Gasteiger charge is -2.36. The van der Waals surface area contributed by atoms with Gasteiger partial charge in [-0.15, -0.1) is 0 Å². The van der Waals surface area contributed by atoms with Gasteiger partial charge in [0.1, 0.15) is 0 Å². The Bertz CT molecular complexity index is 513. The lowest BCUT2D eigenvalue weighted by Crippen LogP contribution is -2.54. The molecule has 0 aromatic heterocycles. The number of rotatable bonds is 8. The number of nitrogens with two attached hydrogens (primary N) is 1. The Hall–Kier alpha value is -1.39. The Morgan fingerprint density at radius 2 is 1.92 bits per heavy atom. The molecule has 1 aromatic carbocycles. The molecule has 1 amide bonds. The van der Waals surface area contributed by atoms with E-state index in [1.54, 1.807) is 0 Å². The lowest BCUT2D eigenvalue weighted by atomic mass is 9.90. The summed E-state index contributed by atoms with van der Waals surface area (Å²) < 4.78 is 0. The Morgan fingerprint density at radius 3 is 2.46 bits per heavy atom. The molecule has 3 unspecified atom stereocenters. The molecular formula is C20H33N3O.